The molecule has 0 saturated carbocycles. The Morgan fingerprint density at radius 3 is 2.25 bits per heavy atom. The van der Waals surface area contributed by atoms with Gasteiger partial charge in [-0.05, 0) is 0 Å². The van der Waals surface area contributed by atoms with Crippen molar-refractivity contribution in [3.63, 3.8) is 0 Å². The van der Waals surface area contributed by atoms with Crippen LogP contribution in [0.4, 0.5) is 4.20 Å². The molecule has 0 saturated heterocycles. The van der Waals surface area contributed by atoms with Crippen LogP contribution in [0.15, 0.2) is 0 Å². The summed E-state index contributed by atoms with van der Waals surface area (Å²) in [7, 11) is 2.31. The van der Waals surface area contributed by atoms with Crippen LogP contribution in [-0.4, -0.2) is 9.68 Å². The third kappa shape index (κ3) is 2.36. The van der Waals surface area contributed by atoms with E-state index in [2.05, 4.69) is 9.68 Å². The Labute approximate surface area is 29.0 Å². The minimum absolute atomic E-state index is 0.338. The Bertz CT molecular complexity index is 37.8. The zero-order valence-electron chi connectivity index (χ0n) is 1.83. The zero-order chi connectivity index (χ0) is 3.41. The SMILES string of the molecule is F[P-]C#[Si+]. The third-order valence-corrected chi connectivity index (χ3v) is 0.380. The molecule has 0 aliphatic carbocycles. The molecule has 0 aromatic rings. The molecule has 0 amide bonds. The molecule has 0 heterocycles. The van der Waals surface area contributed by atoms with Crippen molar-refractivity contribution in [2.24, 2.45) is 0 Å². The zero-order valence-corrected chi connectivity index (χ0v) is 3.72. The predicted molar refractivity (Wildman–Crippen MR) is 17.7 cm³/mol. The number of hydrogen-bond acceptors (Lipinski definition) is 0. The van der Waals surface area contributed by atoms with Gasteiger partial charge >= 0.3 is 28.0 Å². The first-order valence-corrected chi connectivity index (χ1v) is 1.93. The van der Waals surface area contributed by atoms with Gasteiger partial charge in [0.05, 0.1) is 0 Å². The van der Waals surface area contributed by atoms with E-state index in [1.54, 1.807) is 0 Å². The topological polar surface area (TPSA) is 0 Å². The molecule has 0 fully saturated rings. The minimum atomic E-state index is -0.338. The van der Waals surface area contributed by atoms with E-state index < -0.39 is 0 Å². The van der Waals surface area contributed by atoms with Crippen molar-refractivity contribution >= 4 is 18.6 Å². The Balaban J connectivity index is 2.43. The van der Waals surface area contributed by atoms with Crippen molar-refractivity contribution < 1.29 is 4.20 Å². The van der Waals surface area contributed by atoms with E-state index in [0.29, 0.717) is 0 Å². The molecule has 4 heavy (non-hydrogen) atoms. The van der Waals surface area contributed by atoms with Crippen LogP contribution in [0.3, 0.4) is 0 Å². The van der Waals surface area contributed by atoms with Crippen LogP contribution in [0.2, 0.25) is 0 Å². The van der Waals surface area contributed by atoms with Gasteiger partial charge in [-0.3, -0.25) is 0 Å². The molecule has 0 rings (SSSR count). The van der Waals surface area contributed by atoms with E-state index in [1.165, 1.54) is 0 Å². The molecule has 0 spiro atoms. The second-order valence-corrected chi connectivity index (χ2v) is 1.26. The molecule has 0 nitrogen and oxygen atoms in total. The summed E-state index contributed by atoms with van der Waals surface area (Å²) < 4.78 is 10.5. The molecular formula is CFPSi. The third-order valence-electron chi connectivity index (χ3n) is 0.0423. The van der Waals surface area contributed by atoms with Gasteiger partial charge in [0.25, 0.3) is 0 Å². The van der Waals surface area contributed by atoms with Crippen LogP contribution >= 0.6 is 8.89 Å². The molecule has 0 aliphatic rings. The van der Waals surface area contributed by atoms with Crippen molar-refractivity contribution in [2.45, 2.75) is 0 Å². The fourth-order valence-corrected chi connectivity index (χ4v) is 0. The van der Waals surface area contributed by atoms with Crippen molar-refractivity contribution in [1.29, 1.82) is 0 Å². The molecule has 0 aromatic carbocycles. The van der Waals surface area contributed by atoms with Gasteiger partial charge in [-0.15, -0.1) is 0 Å². The summed E-state index contributed by atoms with van der Waals surface area (Å²) in [5.74, 6) is 0. The van der Waals surface area contributed by atoms with Crippen LogP contribution in [0.1, 0.15) is 0 Å². The van der Waals surface area contributed by atoms with Crippen LogP contribution in [-0.2, 0) is 0 Å². The fourth-order valence-electron chi connectivity index (χ4n) is 0. The van der Waals surface area contributed by atoms with Crippen molar-refractivity contribution in [2.75, 3.05) is 0 Å². The van der Waals surface area contributed by atoms with Crippen molar-refractivity contribution in [3.8, 4) is 5.24 Å². The molecule has 0 atom stereocenters. The van der Waals surface area contributed by atoms with Gasteiger partial charge < -0.3 is 0 Å². The van der Waals surface area contributed by atoms with Gasteiger partial charge in [0, 0.05) is 0 Å². The standard InChI is InChI=1S/CFPSi/c2-3-1-4. The summed E-state index contributed by atoms with van der Waals surface area (Å²) >= 11 is 0. The second-order valence-electron chi connectivity index (χ2n) is 0.196. The summed E-state index contributed by atoms with van der Waals surface area (Å²) in [6, 6.07) is 0. The van der Waals surface area contributed by atoms with E-state index >= 15 is 0 Å². The van der Waals surface area contributed by atoms with E-state index in [9.17, 15) is 4.20 Å². The predicted octanol–water partition coefficient (Wildman–Crippen LogP) is 0.902. The number of rotatable bonds is 0. The van der Waals surface area contributed by atoms with Crippen LogP contribution in [0.5, 0.6) is 0 Å². The van der Waals surface area contributed by atoms with Crippen LogP contribution in [0, 0.1) is 5.24 Å². The van der Waals surface area contributed by atoms with E-state index in [-0.39, 0.29) is 8.89 Å². The maximum atomic E-state index is 10.5. The van der Waals surface area contributed by atoms with Crippen LogP contribution < -0.4 is 0 Å². The van der Waals surface area contributed by atoms with Gasteiger partial charge in [-0.1, -0.05) is 0 Å². The first-order chi connectivity index (χ1) is 1.91. The average Bonchev–Trinajstić information content (AvgIpc) is 1.37. The number of halogens is 1. The second kappa shape index (κ2) is 3.36. The van der Waals surface area contributed by atoms with E-state index in [1.807, 2.05) is 5.24 Å². The molecular weight excluding hydrogens is 90.1 g/mol. The molecule has 0 N–H and O–H groups in total. The Morgan fingerprint density at radius 2 is 2.25 bits per heavy atom. The van der Waals surface area contributed by atoms with Gasteiger partial charge in [0.1, 0.15) is 0 Å². The molecule has 0 radical (unpaired) electrons. The Hall–Kier alpha value is 0.357. The first kappa shape index (κ1) is 4.36. The summed E-state index contributed by atoms with van der Waals surface area (Å²) in [6.45, 7) is 0. The fraction of sp³-hybridized carbons (Fsp3) is 0. The summed E-state index contributed by atoms with van der Waals surface area (Å²) in [4.78, 5) is 0. The van der Waals surface area contributed by atoms with E-state index in [4.69, 9.17) is 0 Å². The maximum absolute atomic E-state index is 10.5. The van der Waals surface area contributed by atoms with Gasteiger partial charge in [-0.25, -0.2) is 0 Å². The molecule has 3 heteroatoms. The normalized spacial score (nSPS) is 8.75. The summed E-state index contributed by atoms with van der Waals surface area (Å²) in [5.41, 5.74) is 0. The summed E-state index contributed by atoms with van der Waals surface area (Å²) in [6.07, 6.45) is 0. The Kier molecular flexibility index (Phi) is 3.66. The molecule has 0 unspecified atom stereocenters. The Morgan fingerprint density at radius 1 is 2.00 bits per heavy atom. The van der Waals surface area contributed by atoms with Gasteiger partial charge in [0.15, 0.2) is 0 Å². The van der Waals surface area contributed by atoms with Gasteiger partial charge in [0.2, 0.25) is 0 Å². The van der Waals surface area contributed by atoms with Crippen LogP contribution in [0.25, 0.3) is 0 Å². The van der Waals surface area contributed by atoms with Crippen molar-refractivity contribution in [1.82, 2.24) is 0 Å². The van der Waals surface area contributed by atoms with E-state index in [0.717, 1.165) is 0 Å². The monoisotopic (exact) mass is 89.9 g/mol. The number of hydrogen-bond donors (Lipinski definition) is 0. The first-order valence-electron chi connectivity index (χ1n) is 0.643. The summed E-state index contributed by atoms with van der Waals surface area (Å²) in [5, 5.41) is 2.04. The molecule has 0 aliphatic heterocycles. The quantitative estimate of drug-likeness (QED) is 0.306. The molecule has 20 valence electrons. The van der Waals surface area contributed by atoms with Crippen molar-refractivity contribution in [3.05, 3.63) is 0 Å². The molecule has 0 bridgehead atoms. The molecule has 0 aromatic heterocycles. The van der Waals surface area contributed by atoms with Gasteiger partial charge in [-0.2, -0.15) is 0 Å². The average molecular weight is 90.1 g/mol.